The van der Waals surface area contributed by atoms with Gasteiger partial charge < -0.3 is 9.30 Å². The normalized spacial score (nSPS) is 11.3. The first kappa shape index (κ1) is 18.4. The lowest BCUT2D eigenvalue weighted by Gasteiger charge is -2.03. The summed E-state index contributed by atoms with van der Waals surface area (Å²) in [6.07, 6.45) is 5.46. The number of hydrogen-bond donors (Lipinski definition) is 0. The van der Waals surface area contributed by atoms with Gasteiger partial charge in [0.25, 0.3) is 11.6 Å². The van der Waals surface area contributed by atoms with Crippen molar-refractivity contribution in [2.24, 2.45) is 4.99 Å². The van der Waals surface area contributed by atoms with Crippen molar-refractivity contribution in [3.63, 3.8) is 0 Å². The molecule has 1 aromatic heterocycles. The summed E-state index contributed by atoms with van der Waals surface area (Å²) in [6.45, 7) is 2.65. The van der Waals surface area contributed by atoms with Crippen LogP contribution < -0.4 is 9.54 Å². The fourth-order valence-corrected chi connectivity index (χ4v) is 3.66. The lowest BCUT2D eigenvalue weighted by molar-refractivity contribution is -0.385. The van der Waals surface area contributed by atoms with E-state index in [2.05, 4.69) is 10.9 Å². The van der Waals surface area contributed by atoms with Gasteiger partial charge in [0.1, 0.15) is 11.3 Å². The number of rotatable bonds is 5. The molecule has 8 heteroatoms. The molecule has 0 saturated heterocycles. The second-order valence-electron chi connectivity index (χ2n) is 5.43. The van der Waals surface area contributed by atoms with Crippen molar-refractivity contribution >= 4 is 33.1 Å². The molecule has 3 aromatic rings. The minimum Gasteiger partial charge on any atom is -0.494 e. The van der Waals surface area contributed by atoms with Crippen molar-refractivity contribution in [1.82, 2.24) is 4.57 Å². The number of para-hydroxylation sites is 1. The molecule has 0 N–H and O–H groups in total. The number of amides is 1. The van der Waals surface area contributed by atoms with E-state index in [1.807, 2.05) is 25.1 Å². The number of aromatic nitrogens is 1. The second kappa shape index (κ2) is 7.85. The van der Waals surface area contributed by atoms with Crippen LogP contribution in [0.25, 0.3) is 10.2 Å². The predicted octanol–water partition coefficient (Wildman–Crippen LogP) is 3.38. The van der Waals surface area contributed by atoms with Crippen LogP contribution in [0.15, 0.2) is 47.5 Å². The Morgan fingerprint density at radius 1 is 1.37 bits per heavy atom. The van der Waals surface area contributed by atoms with Crippen molar-refractivity contribution in [2.45, 2.75) is 13.5 Å². The summed E-state index contributed by atoms with van der Waals surface area (Å²) >= 11 is 1.27. The minimum absolute atomic E-state index is 0.0674. The number of carbonyl (C=O) groups is 1. The first-order valence-corrected chi connectivity index (χ1v) is 8.89. The number of fused-ring (bicyclic) bond motifs is 1. The third-order valence-corrected chi connectivity index (χ3v) is 4.78. The smallest absolute Gasteiger partial charge is 0.286 e. The average Bonchev–Trinajstić information content (AvgIpc) is 2.99. The molecule has 0 unspecified atom stereocenters. The third-order valence-electron chi connectivity index (χ3n) is 3.74. The molecule has 0 fully saturated rings. The maximum Gasteiger partial charge on any atom is 0.286 e. The monoisotopic (exact) mass is 381 g/mol. The summed E-state index contributed by atoms with van der Waals surface area (Å²) in [5.41, 5.74) is 0.465. The Hall–Kier alpha value is -3.44. The van der Waals surface area contributed by atoms with Crippen LogP contribution >= 0.6 is 11.3 Å². The molecule has 0 aliphatic rings. The number of hydrogen-bond acceptors (Lipinski definition) is 5. The maximum absolute atomic E-state index is 12.6. The van der Waals surface area contributed by atoms with Crippen LogP contribution in [0.3, 0.4) is 0 Å². The SMILES string of the molecule is C#CCn1c(=NC(=O)c2ccccc2[N+](=O)[O-])sc2cc(OCC)ccc21. The van der Waals surface area contributed by atoms with Gasteiger partial charge in [0.05, 0.1) is 28.3 Å². The molecular formula is C19H15N3O4S. The molecule has 0 saturated carbocycles. The van der Waals surface area contributed by atoms with Gasteiger partial charge in [0.15, 0.2) is 4.80 Å². The molecule has 0 radical (unpaired) electrons. The van der Waals surface area contributed by atoms with Gasteiger partial charge in [-0.2, -0.15) is 4.99 Å². The number of nitrogens with zero attached hydrogens (tertiary/aromatic N) is 3. The van der Waals surface area contributed by atoms with E-state index >= 15 is 0 Å². The van der Waals surface area contributed by atoms with E-state index in [4.69, 9.17) is 11.2 Å². The summed E-state index contributed by atoms with van der Waals surface area (Å²) in [4.78, 5) is 27.6. The molecular weight excluding hydrogens is 366 g/mol. The maximum atomic E-state index is 12.6. The summed E-state index contributed by atoms with van der Waals surface area (Å²) < 4.78 is 8.08. The second-order valence-corrected chi connectivity index (χ2v) is 6.44. The standard InChI is InChI=1S/C19H15N3O4S/c1-3-11-21-16-10-9-13(26-4-2)12-17(16)27-19(21)20-18(23)14-7-5-6-8-15(14)22(24)25/h1,5-10,12H,4,11H2,2H3. The zero-order valence-electron chi connectivity index (χ0n) is 14.4. The first-order valence-electron chi connectivity index (χ1n) is 8.07. The molecule has 0 aliphatic carbocycles. The number of thiazole rings is 1. The molecule has 136 valence electrons. The fraction of sp³-hybridized carbons (Fsp3) is 0.158. The molecule has 3 rings (SSSR count). The Bertz CT molecular complexity index is 1140. The minimum atomic E-state index is -0.690. The summed E-state index contributed by atoms with van der Waals surface area (Å²) in [5, 5.41) is 11.2. The van der Waals surface area contributed by atoms with Crippen molar-refractivity contribution in [2.75, 3.05) is 6.61 Å². The molecule has 0 bridgehead atoms. The summed E-state index contributed by atoms with van der Waals surface area (Å²) in [6, 6.07) is 11.2. The Morgan fingerprint density at radius 2 is 2.15 bits per heavy atom. The molecule has 0 spiro atoms. The van der Waals surface area contributed by atoms with Gasteiger partial charge in [-0.25, -0.2) is 0 Å². The van der Waals surface area contributed by atoms with Gasteiger partial charge in [-0.05, 0) is 31.2 Å². The number of benzene rings is 2. The van der Waals surface area contributed by atoms with Gasteiger partial charge in [0, 0.05) is 6.07 Å². The van der Waals surface area contributed by atoms with Gasteiger partial charge in [-0.1, -0.05) is 29.4 Å². The first-order chi connectivity index (χ1) is 13.0. The predicted molar refractivity (Wildman–Crippen MR) is 103 cm³/mol. The van der Waals surface area contributed by atoms with Crippen LogP contribution in [0.2, 0.25) is 0 Å². The van der Waals surface area contributed by atoms with Gasteiger partial charge in [0.2, 0.25) is 0 Å². The van der Waals surface area contributed by atoms with Crippen LogP contribution in [-0.4, -0.2) is 22.0 Å². The Morgan fingerprint density at radius 3 is 2.85 bits per heavy atom. The largest absolute Gasteiger partial charge is 0.494 e. The molecule has 27 heavy (non-hydrogen) atoms. The highest BCUT2D eigenvalue weighted by atomic mass is 32.1. The highest BCUT2D eigenvalue weighted by molar-refractivity contribution is 7.16. The molecule has 0 aliphatic heterocycles. The van der Waals surface area contributed by atoms with Crippen LogP contribution in [0, 0.1) is 22.5 Å². The third kappa shape index (κ3) is 3.73. The van der Waals surface area contributed by atoms with E-state index in [-0.39, 0.29) is 17.8 Å². The topological polar surface area (TPSA) is 86.7 Å². The van der Waals surface area contributed by atoms with E-state index < -0.39 is 10.8 Å². The van der Waals surface area contributed by atoms with Gasteiger partial charge in [-0.15, -0.1) is 6.42 Å². The van der Waals surface area contributed by atoms with E-state index in [1.165, 1.54) is 29.5 Å². The van der Waals surface area contributed by atoms with Gasteiger partial charge >= 0.3 is 0 Å². The van der Waals surface area contributed by atoms with Crippen molar-refractivity contribution < 1.29 is 14.5 Å². The van der Waals surface area contributed by atoms with Crippen LogP contribution in [0.1, 0.15) is 17.3 Å². The average molecular weight is 381 g/mol. The van der Waals surface area contributed by atoms with Crippen molar-refractivity contribution in [3.8, 4) is 18.1 Å². The molecule has 1 amide bonds. The van der Waals surface area contributed by atoms with E-state index in [0.717, 1.165) is 10.2 Å². The summed E-state index contributed by atoms with van der Waals surface area (Å²) in [5.74, 6) is 2.56. The highest BCUT2D eigenvalue weighted by Gasteiger charge is 2.19. The quantitative estimate of drug-likeness (QED) is 0.385. The molecule has 7 nitrogen and oxygen atoms in total. The van der Waals surface area contributed by atoms with Crippen LogP contribution in [0.5, 0.6) is 5.75 Å². The Labute approximate surface area is 158 Å². The fourth-order valence-electron chi connectivity index (χ4n) is 2.60. The van der Waals surface area contributed by atoms with Crippen LogP contribution in [-0.2, 0) is 6.54 Å². The zero-order valence-corrected chi connectivity index (χ0v) is 15.2. The lowest BCUT2D eigenvalue weighted by Crippen LogP contribution is -2.16. The Kier molecular flexibility index (Phi) is 5.33. The van der Waals surface area contributed by atoms with Crippen molar-refractivity contribution in [1.29, 1.82) is 0 Å². The number of terminal acetylenes is 1. The van der Waals surface area contributed by atoms with Crippen molar-refractivity contribution in [3.05, 3.63) is 62.9 Å². The number of nitro benzene ring substituents is 1. The molecule has 2 aromatic carbocycles. The zero-order chi connectivity index (χ0) is 19.4. The highest BCUT2D eigenvalue weighted by Crippen LogP contribution is 2.24. The van der Waals surface area contributed by atoms with E-state index in [0.29, 0.717) is 17.2 Å². The van der Waals surface area contributed by atoms with Crippen LogP contribution in [0.4, 0.5) is 5.69 Å². The molecule has 1 heterocycles. The van der Waals surface area contributed by atoms with E-state index in [1.54, 1.807) is 10.6 Å². The van der Waals surface area contributed by atoms with Gasteiger partial charge in [-0.3, -0.25) is 14.9 Å². The number of nitro groups is 1. The Balaban J connectivity index is 2.15. The molecule has 0 atom stereocenters. The summed E-state index contributed by atoms with van der Waals surface area (Å²) in [7, 11) is 0. The van der Waals surface area contributed by atoms with E-state index in [9.17, 15) is 14.9 Å². The number of ether oxygens (including phenoxy) is 1. The lowest BCUT2D eigenvalue weighted by atomic mass is 10.2. The number of carbonyl (C=O) groups excluding carboxylic acids is 1.